The van der Waals surface area contributed by atoms with Crippen molar-refractivity contribution in [2.24, 2.45) is 0 Å². The van der Waals surface area contributed by atoms with Crippen LogP contribution in [0.15, 0.2) is 66.9 Å². The van der Waals surface area contributed by atoms with E-state index in [2.05, 4.69) is 10.4 Å². The van der Waals surface area contributed by atoms with Gasteiger partial charge in [0.1, 0.15) is 24.3 Å². The lowest BCUT2D eigenvalue weighted by Gasteiger charge is -2.26. The first-order chi connectivity index (χ1) is 16.4. The van der Waals surface area contributed by atoms with E-state index < -0.39 is 23.8 Å². The average molecular weight is 469 g/mol. The van der Waals surface area contributed by atoms with Crippen molar-refractivity contribution in [2.75, 3.05) is 13.7 Å². The number of ether oxygens (including phenoxy) is 2. The van der Waals surface area contributed by atoms with Crippen LogP contribution in [0.3, 0.4) is 0 Å². The number of carbonyl (C=O) groups is 1. The maximum Gasteiger partial charge on any atom is 0.246 e. The fourth-order valence-corrected chi connectivity index (χ4v) is 3.67. The first-order valence-electron chi connectivity index (χ1n) is 10.5. The Morgan fingerprint density at radius 2 is 1.79 bits per heavy atom. The van der Waals surface area contributed by atoms with Gasteiger partial charge in [0.25, 0.3) is 0 Å². The third-order valence-electron chi connectivity index (χ3n) is 5.26. The number of methoxy groups -OCH3 is 1. The number of aromatic nitrogens is 2. The zero-order valence-electron chi connectivity index (χ0n) is 18.5. The predicted molar refractivity (Wildman–Crippen MR) is 120 cm³/mol. The molecule has 0 saturated carbocycles. The Bertz CT molecular complexity index is 1310. The number of nitrogens with zero attached hydrogens (tertiary/aromatic N) is 2. The summed E-state index contributed by atoms with van der Waals surface area (Å²) in [6, 6.07) is 14.1. The Labute approximate surface area is 193 Å². The summed E-state index contributed by atoms with van der Waals surface area (Å²) in [4.78, 5) is 12.0. The third kappa shape index (κ3) is 5.04. The molecule has 0 saturated heterocycles. The number of hydrogen-bond donors (Lipinski definition) is 1. The fraction of sp³-hybridized carbons (Fsp3) is 0.200. The summed E-state index contributed by atoms with van der Waals surface area (Å²) in [6.45, 7) is 1.55. The Morgan fingerprint density at radius 3 is 2.50 bits per heavy atom. The van der Waals surface area contributed by atoms with Gasteiger partial charge in [-0.2, -0.15) is 5.10 Å². The molecule has 2 unspecified atom stereocenters. The van der Waals surface area contributed by atoms with Gasteiger partial charge in [-0.1, -0.05) is 6.07 Å². The zero-order chi connectivity index (χ0) is 24.2. The summed E-state index contributed by atoms with van der Waals surface area (Å²) in [5.74, 6) is -2.27. The third-order valence-corrected chi connectivity index (χ3v) is 5.26. The van der Waals surface area contributed by atoms with Crippen LogP contribution in [0.4, 0.5) is 13.2 Å². The second-order valence-corrected chi connectivity index (χ2v) is 7.75. The lowest BCUT2D eigenvalue weighted by Crippen LogP contribution is -2.40. The van der Waals surface area contributed by atoms with Gasteiger partial charge in [-0.3, -0.25) is 4.79 Å². The van der Waals surface area contributed by atoms with E-state index in [1.54, 1.807) is 48.1 Å². The zero-order valence-corrected chi connectivity index (χ0v) is 18.5. The number of carbonyl (C=O) groups excluding carboxylic acids is 1. The number of nitrogens with one attached hydrogen (secondary N) is 1. The summed E-state index contributed by atoms with van der Waals surface area (Å²) in [5.41, 5.74) is 1.82. The Kier molecular flexibility index (Phi) is 6.83. The van der Waals surface area contributed by atoms with Gasteiger partial charge in [0, 0.05) is 12.5 Å². The van der Waals surface area contributed by atoms with Gasteiger partial charge in [-0.25, -0.2) is 17.9 Å². The maximum atomic E-state index is 13.9. The molecule has 3 aromatic carbocycles. The molecule has 0 spiro atoms. The maximum absolute atomic E-state index is 13.9. The standard InChI is InChI=1S/C25H22F3N3O3/c1-15(30-24(32)14-33-2)25(16-3-9-21(27)22(28)12-16)34-20-8-10-23-17(11-20)13-29-31(23)19-6-4-18(26)5-7-19/h3-13,15,25H,14H2,1-2H3,(H,30,32). The van der Waals surface area contributed by atoms with E-state index in [9.17, 15) is 18.0 Å². The summed E-state index contributed by atoms with van der Waals surface area (Å²) >= 11 is 0. The van der Waals surface area contributed by atoms with Crippen molar-refractivity contribution in [3.05, 3.63) is 89.9 Å². The molecule has 1 heterocycles. The molecule has 6 nitrogen and oxygen atoms in total. The van der Waals surface area contributed by atoms with Crippen molar-refractivity contribution in [1.82, 2.24) is 15.1 Å². The van der Waals surface area contributed by atoms with Crippen LogP contribution in [-0.4, -0.2) is 35.4 Å². The van der Waals surface area contributed by atoms with Crippen LogP contribution >= 0.6 is 0 Å². The highest BCUT2D eigenvalue weighted by Crippen LogP contribution is 2.29. The Morgan fingerprint density at radius 1 is 1.03 bits per heavy atom. The molecule has 1 aromatic heterocycles. The van der Waals surface area contributed by atoms with E-state index in [0.29, 0.717) is 17.0 Å². The summed E-state index contributed by atoms with van der Waals surface area (Å²) < 4.78 is 53.4. The van der Waals surface area contributed by atoms with Crippen molar-refractivity contribution in [3.63, 3.8) is 0 Å². The van der Waals surface area contributed by atoms with Crippen molar-refractivity contribution in [3.8, 4) is 11.4 Å². The van der Waals surface area contributed by atoms with Crippen molar-refractivity contribution >= 4 is 16.8 Å². The van der Waals surface area contributed by atoms with Crippen LogP contribution in [-0.2, 0) is 9.53 Å². The molecular formula is C25H22F3N3O3. The molecule has 0 aliphatic heterocycles. The average Bonchev–Trinajstić information content (AvgIpc) is 3.23. The van der Waals surface area contributed by atoms with E-state index in [4.69, 9.17) is 9.47 Å². The van der Waals surface area contributed by atoms with Crippen molar-refractivity contribution in [1.29, 1.82) is 0 Å². The molecule has 0 radical (unpaired) electrons. The van der Waals surface area contributed by atoms with Crippen LogP contribution in [0.1, 0.15) is 18.6 Å². The van der Waals surface area contributed by atoms with Gasteiger partial charge in [0.2, 0.25) is 5.91 Å². The molecular weight excluding hydrogens is 447 g/mol. The highest BCUT2D eigenvalue weighted by atomic mass is 19.2. The second kappa shape index (κ2) is 9.96. The molecule has 9 heteroatoms. The molecule has 0 aliphatic rings. The first-order valence-corrected chi connectivity index (χ1v) is 10.5. The second-order valence-electron chi connectivity index (χ2n) is 7.75. The van der Waals surface area contributed by atoms with Gasteiger partial charge >= 0.3 is 0 Å². The monoisotopic (exact) mass is 469 g/mol. The number of rotatable bonds is 8. The van der Waals surface area contributed by atoms with Gasteiger partial charge in [0.05, 0.1) is 23.4 Å². The van der Waals surface area contributed by atoms with E-state index >= 15 is 0 Å². The Hall–Kier alpha value is -3.85. The van der Waals surface area contributed by atoms with E-state index in [1.165, 1.54) is 25.3 Å². The SMILES string of the molecule is COCC(=O)NC(C)C(Oc1ccc2c(cnn2-c2ccc(F)cc2)c1)c1ccc(F)c(F)c1. The van der Waals surface area contributed by atoms with Crippen LogP contribution in [0.5, 0.6) is 5.75 Å². The smallest absolute Gasteiger partial charge is 0.246 e. The predicted octanol–water partition coefficient (Wildman–Crippen LogP) is 4.71. The molecule has 0 bridgehead atoms. The first kappa shape index (κ1) is 23.3. The topological polar surface area (TPSA) is 65.4 Å². The minimum Gasteiger partial charge on any atom is -0.484 e. The normalized spacial score (nSPS) is 13.0. The number of amides is 1. The van der Waals surface area contributed by atoms with E-state index in [1.807, 2.05) is 0 Å². The lowest BCUT2D eigenvalue weighted by molar-refractivity contribution is -0.126. The van der Waals surface area contributed by atoms with Crippen molar-refractivity contribution in [2.45, 2.75) is 19.1 Å². The molecule has 176 valence electrons. The summed E-state index contributed by atoms with van der Waals surface area (Å²) in [7, 11) is 1.40. The molecule has 1 N–H and O–H groups in total. The lowest BCUT2D eigenvalue weighted by atomic mass is 10.0. The van der Waals surface area contributed by atoms with Crippen molar-refractivity contribution < 1.29 is 27.4 Å². The Balaban J connectivity index is 1.64. The molecule has 4 rings (SSSR count). The number of hydrogen-bond acceptors (Lipinski definition) is 4. The van der Waals surface area contributed by atoms with Gasteiger partial charge < -0.3 is 14.8 Å². The van der Waals surface area contributed by atoms with Crippen LogP contribution < -0.4 is 10.1 Å². The largest absolute Gasteiger partial charge is 0.484 e. The highest BCUT2D eigenvalue weighted by molar-refractivity contribution is 5.81. The molecule has 2 atom stereocenters. The minimum atomic E-state index is -1.02. The molecule has 1 amide bonds. The quantitative estimate of drug-likeness (QED) is 0.406. The number of fused-ring (bicyclic) bond motifs is 1. The summed E-state index contributed by atoms with van der Waals surface area (Å²) in [6.07, 6.45) is 0.822. The van der Waals surface area contributed by atoms with Crippen LogP contribution in [0.25, 0.3) is 16.6 Å². The number of halogens is 3. The van der Waals surface area contributed by atoms with Crippen LogP contribution in [0, 0.1) is 17.5 Å². The molecule has 34 heavy (non-hydrogen) atoms. The van der Waals surface area contributed by atoms with E-state index in [0.717, 1.165) is 23.0 Å². The van der Waals surface area contributed by atoms with Crippen LogP contribution in [0.2, 0.25) is 0 Å². The summed E-state index contributed by atoms with van der Waals surface area (Å²) in [5, 5.41) is 7.87. The molecule has 0 aliphatic carbocycles. The van der Waals surface area contributed by atoms with E-state index in [-0.39, 0.29) is 18.3 Å². The number of benzene rings is 3. The fourth-order valence-electron chi connectivity index (χ4n) is 3.67. The molecule has 4 aromatic rings. The van der Waals surface area contributed by atoms with Gasteiger partial charge in [-0.15, -0.1) is 0 Å². The van der Waals surface area contributed by atoms with Gasteiger partial charge in [-0.05, 0) is 67.1 Å². The van der Waals surface area contributed by atoms with Gasteiger partial charge in [0.15, 0.2) is 11.6 Å². The highest BCUT2D eigenvalue weighted by Gasteiger charge is 2.24. The molecule has 0 fully saturated rings. The minimum absolute atomic E-state index is 0.149.